The summed E-state index contributed by atoms with van der Waals surface area (Å²) < 4.78 is 0. The summed E-state index contributed by atoms with van der Waals surface area (Å²) >= 11 is 0. The van der Waals surface area contributed by atoms with Crippen molar-refractivity contribution in [1.29, 1.82) is 0 Å². The fourth-order valence-electron chi connectivity index (χ4n) is 1.82. The second-order valence-corrected chi connectivity index (χ2v) is 3.60. The molecule has 0 spiro atoms. The molecule has 0 aromatic heterocycles. The number of rotatable bonds is 1. The van der Waals surface area contributed by atoms with Gasteiger partial charge in [0.15, 0.2) is 0 Å². The lowest BCUT2D eigenvalue weighted by Gasteiger charge is -2.07. The zero-order valence-electron chi connectivity index (χ0n) is 8.54. The monoisotopic (exact) mass is 186 g/mol. The Balaban J connectivity index is 2.86. The predicted octanol–water partition coefficient (Wildman–Crippen LogP) is 3.42. The highest BCUT2D eigenvalue weighted by Gasteiger charge is 2.04. The molecule has 0 heterocycles. The summed E-state index contributed by atoms with van der Waals surface area (Å²) in [5, 5.41) is 12.0. The molecule has 0 saturated carbocycles. The molecule has 0 amide bonds. The summed E-state index contributed by atoms with van der Waals surface area (Å²) in [5.74, 6) is 0.415. The largest absolute Gasteiger partial charge is 0.507 e. The van der Waals surface area contributed by atoms with Gasteiger partial charge in [-0.2, -0.15) is 0 Å². The van der Waals surface area contributed by atoms with Crippen LogP contribution in [0.15, 0.2) is 30.3 Å². The van der Waals surface area contributed by atoms with Crippen LogP contribution in [0.1, 0.15) is 18.1 Å². The van der Waals surface area contributed by atoms with Gasteiger partial charge in [-0.15, -0.1) is 0 Å². The number of fused-ring (bicyclic) bond motifs is 1. The van der Waals surface area contributed by atoms with Crippen molar-refractivity contribution < 1.29 is 5.11 Å². The molecule has 2 rings (SSSR count). The highest BCUT2D eigenvalue weighted by atomic mass is 16.3. The fraction of sp³-hybridized carbons (Fsp3) is 0.231. The Labute approximate surface area is 84.0 Å². The molecule has 0 fully saturated rings. The molecule has 0 atom stereocenters. The van der Waals surface area contributed by atoms with E-state index < -0.39 is 0 Å². The van der Waals surface area contributed by atoms with Crippen LogP contribution in [0.2, 0.25) is 0 Å². The number of aryl methyl sites for hydroxylation is 2. The molecule has 2 aromatic rings. The van der Waals surface area contributed by atoms with Crippen LogP contribution in [0.4, 0.5) is 0 Å². The Hall–Kier alpha value is -1.50. The Morgan fingerprint density at radius 3 is 2.57 bits per heavy atom. The topological polar surface area (TPSA) is 20.2 Å². The van der Waals surface area contributed by atoms with Gasteiger partial charge in [-0.25, -0.2) is 0 Å². The van der Waals surface area contributed by atoms with Crippen LogP contribution in [0.25, 0.3) is 10.8 Å². The van der Waals surface area contributed by atoms with E-state index in [9.17, 15) is 5.11 Å². The summed E-state index contributed by atoms with van der Waals surface area (Å²) in [5.41, 5.74) is 2.23. The lowest BCUT2D eigenvalue weighted by molar-refractivity contribution is 0.477. The lowest BCUT2D eigenvalue weighted by atomic mass is 10.00. The number of hydrogen-bond donors (Lipinski definition) is 1. The Morgan fingerprint density at radius 2 is 1.86 bits per heavy atom. The van der Waals surface area contributed by atoms with Gasteiger partial charge < -0.3 is 5.11 Å². The first-order valence-electron chi connectivity index (χ1n) is 4.94. The van der Waals surface area contributed by atoms with Crippen molar-refractivity contribution in [1.82, 2.24) is 0 Å². The summed E-state index contributed by atoms with van der Waals surface area (Å²) in [6, 6.07) is 10.1. The molecule has 1 nitrogen and oxygen atoms in total. The van der Waals surface area contributed by atoms with Crippen LogP contribution >= 0.6 is 0 Å². The maximum absolute atomic E-state index is 9.88. The summed E-state index contributed by atoms with van der Waals surface area (Å²) in [7, 11) is 0. The highest BCUT2D eigenvalue weighted by Crippen LogP contribution is 2.30. The van der Waals surface area contributed by atoms with Crippen LogP contribution < -0.4 is 0 Å². The third-order valence-electron chi connectivity index (χ3n) is 2.71. The molecule has 0 saturated heterocycles. The molecule has 0 aliphatic rings. The average Bonchev–Trinajstić information content (AvgIpc) is 2.23. The summed E-state index contributed by atoms with van der Waals surface area (Å²) in [6.45, 7) is 4.05. The maximum Gasteiger partial charge on any atom is 0.126 e. The Bertz CT molecular complexity index is 472. The number of hydrogen-bond acceptors (Lipinski definition) is 1. The van der Waals surface area contributed by atoms with E-state index in [0.29, 0.717) is 5.75 Å². The predicted molar refractivity (Wildman–Crippen MR) is 59.7 cm³/mol. The second-order valence-electron chi connectivity index (χ2n) is 3.60. The van der Waals surface area contributed by atoms with E-state index in [1.807, 2.05) is 25.1 Å². The third-order valence-corrected chi connectivity index (χ3v) is 2.71. The summed E-state index contributed by atoms with van der Waals surface area (Å²) in [4.78, 5) is 0. The van der Waals surface area contributed by atoms with Crippen LogP contribution in [0.5, 0.6) is 5.75 Å². The van der Waals surface area contributed by atoms with Gasteiger partial charge in [0.25, 0.3) is 0 Å². The van der Waals surface area contributed by atoms with Gasteiger partial charge in [0.1, 0.15) is 5.75 Å². The van der Waals surface area contributed by atoms with Gasteiger partial charge in [0.05, 0.1) is 0 Å². The van der Waals surface area contributed by atoms with Gasteiger partial charge in [-0.1, -0.05) is 37.3 Å². The molecular formula is C13H14O. The average molecular weight is 186 g/mol. The minimum atomic E-state index is 0.415. The van der Waals surface area contributed by atoms with Crippen LogP contribution in [0.3, 0.4) is 0 Å². The van der Waals surface area contributed by atoms with Gasteiger partial charge in [0.2, 0.25) is 0 Å². The van der Waals surface area contributed by atoms with Crippen molar-refractivity contribution in [3.63, 3.8) is 0 Å². The molecule has 1 heteroatoms. The maximum atomic E-state index is 9.88. The van der Waals surface area contributed by atoms with Gasteiger partial charge >= 0.3 is 0 Å². The van der Waals surface area contributed by atoms with Gasteiger partial charge in [0, 0.05) is 5.39 Å². The molecule has 0 radical (unpaired) electrons. The van der Waals surface area contributed by atoms with Crippen molar-refractivity contribution in [2.24, 2.45) is 0 Å². The van der Waals surface area contributed by atoms with Crippen molar-refractivity contribution in [2.75, 3.05) is 0 Å². The molecule has 2 aromatic carbocycles. The SMILES string of the molecule is CCc1cccc2c(O)c(C)ccc12. The normalized spacial score (nSPS) is 10.7. The Kier molecular flexibility index (Phi) is 2.16. The van der Waals surface area contributed by atoms with E-state index >= 15 is 0 Å². The molecule has 0 bridgehead atoms. The number of phenols is 1. The summed E-state index contributed by atoms with van der Waals surface area (Å²) in [6.07, 6.45) is 1.000. The van der Waals surface area contributed by atoms with E-state index in [1.54, 1.807) is 0 Å². The van der Waals surface area contributed by atoms with Crippen molar-refractivity contribution in [2.45, 2.75) is 20.3 Å². The van der Waals surface area contributed by atoms with Gasteiger partial charge in [-0.3, -0.25) is 0 Å². The first-order chi connectivity index (χ1) is 6.74. The molecule has 14 heavy (non-hydrogen) atoms. The minimum absolute atomic E-state index is 0.415. The van der Waals surface area contributed by atoms with Crippen LogP contribution in [0, 0.1) is 6.92 Å². The zero-order valence-corrected chi connectivity index (χ0v) is 8.54. The van der Waals surface area contributed by atoms with Crippen LogP contribution in [-0.2, 0) is 6.42 Å². The Morgan fingerprint density at radius 1 is 1.07 bits per heavy atom. The molecular weight excluding hydrogens is 172 g/mol. The van der Waals surface area contributed by atoms with E-state index in [0.717, 1.165) is 22.8 Å². The quantitative estimate of drug-likeness (QED) is 0.723. The number of aromatic hydroxyl groups is 1. The standard InChI is InChI=1S/C13H14O/c1-3-10-5-4-6-12-11(10)8-7-9(2)13(12)14/h4-8,14H,3H2,1-2H3. The third kappa shape index (κ3) is 1.25. The van der Waals surface area contributed by atoms with Crippen LogP contribution in [-0.4, -0.2) is 5.11 Å². The zero-order chi connectivity index (χ0) is 10.1. The first kappa shape index (κ1) is 9.07. The van der Waals surface area contributed by atoms with E-state index in [1.165, 1.54) is 5.56 Å². The molecule has 0 aliphatic carbocycles. The van der Waals surface area contributed by atoms with Crippen molar-refractivity contribution in [3.05, 3.63) is 41.5 Å². The van der Waals surface area contributed by atoms with E-state index in [-0.39, 0.29) is 0 Å². The highest BCUT2D eigenvalue weighted by molar-refractivity contribution is 5.91. The fourth-order valence-corrected chi connectivity index (χ4v) is 1.82. The molecule has 1 N–H and O–H groups in total. The molecule has 0 aliphatic heterocycles. The smallest absolute Gasteiger partial charge is 0.126 e. The second kappa shape index (κ2) is 3.33. The minimum Gasteiger partial charge on any atom is -0.507 e. The van der Waals surface area contributed by atoms with Crippen molar-refractivity contribution in [3.8, 4) is 5.75 Å². The van der Waals surface area contributed by atoms with Gasteiger partial charge in [-0.05, 0) is 29.9 Å². The number of benzene rings is 2. The first-order valence-corrected chi connectivity index (χ1v) is 4.94. The lowest BCUT2D eigenvalue weighted by Crippen LogP contribution is -1.85. The van der Waals surface area contributed by atoms with Crippen molar-refractivity contribution >= 4 is 10.8 Å². The van der Waals surface area contributed by atoms with E-state index in [4.69, 9.17) is 0 Å². The molecule has 0 unspecified atom stereocenters. The van der Waals surface area contributed by atoms with E-state index in [2.05, 4.69) is 19.1 Å². The number of phenolic OH excluding ortho intramolecular Hbond substituents is 1. The molecule has 72 valence electrons.